The third-order valence-corrected chi connectivity index (χ3v) is 8.43. The minimum atomic E-state index is -0.627. The smallest absolute Gasteiger partial charge is 0.342 e. The van der Waals surface area contributed by atoms with Gasteiger partial charge in [-0.25, -0.2) is 4.79 Å². The lowest BCUT2D eigenvalue weighted by molar-refractivity contribution is -0.177. The first-order valence-corrected chi connectivity index (χ1v) is 10.7. The molecule has 1 aliphatic heterocycles. The van der Waals surface area contributed by atoms with Crippen LogP contribution in [0.2, 0.25) is 0 Å². The van der Waals surface area contributed by atoms with E-state index in [0.29, 0.717) is 24.8 Å². The summed E-state index contributed by atoms with van der Waals surface area (Å²) in [4.78, 5) is 37.6. The summed E-state index contributed by atoms with van der Waals surface area (Å²) in [5.74, 6) is 0.457. The predicted molar refractivity (Wildman–Crippen MR) is 104 cm³/mol. The molecule has 0 saturated heterocycles. The summed E-state index contributed by atoms with van der Waals surface area (Å²) in [6, 6.07) is 0. The number of hydrogen-bond donors (Lipinski definition) is 0. The third kappa shape index (κ3) is 2.38. The summed E-state index contributed by atoms with van der Waals surface area (Å²) >= 11 is 0. The van der Waals surface area contributed by atoms with Crippen molar-refractivity contribution in [3.8, 4) is 0 Å². The molecule has 30 heavy (non-hydrogen) atoms. The first-order chi connectivity index (χ1) is 14.2. The maximum Gasteiger partial charge on any atom is 0.342 e. The zero-order chi connectivity index (χ0) is 21.4. The van der Waals surface area contributed by atoms with Crippen molar-refractivity contribution < 1.29 is 33.0 Å². The van der Waals surface area contributed by atoms with Crippen LogP contribution in [0.5, 0.6) is 0 Å². The first kappa shape index (κ1) is 19.8. The molecular formula is C23H28O7. The monoisotopic (exact) mass is 416 g/mol. The maximum atomic E-state index is 12.9. The van der Waals surface area contributed by atoms with E-state index in [1.165, 1.54) is 13.2 Å². The number of ether oxygens (including phenoxy) is 3. The number of fused-ring (bicyclic) bond motifs is 4. The molecule has 0 aromatic carbocycles. The first-order valence-electron chi connectivity index (χ1n) is 10.7. The molecule has 162 valence electrons. The van der Waals surface area contributed by atoms with Crippen molar-refractivity contribution in [2.24, 2.45) is 23.2 Å². The van der Waals surface area contributed by atoms with E-state index in [4.69, 9.17) is 18.6 Å². The molecule has 2 saturated carbocycles. The van der Waals surface area contributed by atoms with Gasteiger partial charge in [-0.15, -0.1) is 0 Å². The molecule has 7 atom stereocenters. The largest absolute Gasteiger partial charge is 0.468 e. The van der Waals surface area contributed by atoms with Crippen LogP contribution < -0.4 is 0 Å². The number of rotatable bonds is 3. The molecule has 0 bridgehead atoms. The molecular weight excluding hydrogens is 388 g/mol. The molecule has 7 heteroatoms. The van der Waals surface area contributed by atoms with E-state index in [9.17, 15) is 14.4 Å². The van der Waals surface area contributed by atoms with E-state index in [-0.39, 0.29) is 36.1 Å². The number of Topliss-reactive ketones (excluding diaryl/α,β-unsaturated/α-hetero) is 1. The summed E-state index contributed by atoms with van der Waals surface area (Å²) in [5.41, 5.74) is 0.187. The minimum Gasteiger partial charge on any atom is -0.468 e. The summed E-state index contributed by atoms with van der Waals surface area (Å²) in [7, 11) is 1.58. The number of carbonyl (C=O) groups is 3. The Balaban J connectivity index is 1.71. The molecule has 2 fully saturated rings. The second kappa shape index (κ2) is 6.42. The average molecular weight is 416 g/mol. The Labute approximate surface area is 175 Å². The van der Waals surface area contributed by atoms with Crippen LogP contribution in [0.15, 0.2) is 10.7 Å². The number of esters is 2. The average Bonchev–Trinajstić information content (AvgIpc) is 3.22. The molecule has 4 aliphatic rings. The van der Waals surface area contributed by atoms with Gasteiger partial charge in [0.15, 0.2) is 0 Å². The zero-order valence-corrected chi connectivity index (χ0v) is 17.9. The fourth-order valence-corrected chi connectivity index (χ4v) is 7.27. The van der Waals surface area contributed by atoms with Gasteiger partial charge in [0.1, 0.15) is 35.6 Å². The Hall–Kier alpha value is -2.15. The molecule has 2 heterocycles. The van der Waals surface area contributed by atoms with Crippen LogP contribution in [-0.2, 0) is 35.6 Å². The van der Waals surface area contributed by atoms with Crippen molar-refractivity contribution in [3.05, 3.63) is 23.2 Å². The summed E-state index contributed by atoms with van der Waals surface area (Å²) < 4.78 is 23.0. The van der Waals surface area contributed by atoms with Crippen molar-refractivity contribution in [3.63, 3.8) is 0 Å². The van der Waals surface area contributed by atoms with E-state index in [2.05, 4.69) is 6.92 Å². The van der Waals surface area contributed by atoms with Gasteiger partial charge in [0.25, 0.3) is 0 Å². The topological polar surface area (TPSA) is 92.0 Å². The van der Waals surface area contributed by atoms with Crippen LogP contribution in [-0.4, -0.2) is 43.6 Å². The number of ketones is 1. The molecule has 2 unspecified atom stereocenters. The highest BCUT2D eigenvalue weighted by molar-refractivity contribution is 5.93. The van der Waals surface area contributed by atoms with Gasteiger partial charge in [-0.1, -0.05) is 13.8 Å². The lowest BCUT2D eigenvalue weighted by Gasteiger charge is -2.59. The Morgan fingerprint density at radius 3 is 2.77 bits per heavy atom. The maximum absolute atomic E-state index is 12.9. The number of furan rings is 1. The second-order valence-corrected chi connectivity index (χ2v) is 9.81. The van der Waals surface area contributed by atoms with Crippen LogP contribution >= 0.6 is 0 Å². The molecule has 0 radical (unpaired) electrons. The minimum absolute atomic E-state index is 0.0900. The molecule has 0 N–H and O–H groups in total. The Morgan fingerprint density at radius 2 is 2.07 bits per heavy atom. The van der Waals surface area contributed by atoms with E-state index in [0.717, 1.165) is 17.7 Å². The highest BCUT2D eigenvalue weighted by Gasteiger charge is 2.67. The van der Waals surface area contributed by atoms with Crippen molar-refractivity contribution in [1.29, 1.82) is 0 Å². The highest BCUT2D eigenvalue weighted by Crippen LogP contribution is 2.64. The van der Waals surface area contributed by atoms with Gasteiger partial charge in [0.05, 0.1) is 6.61 Å². The van der Waals surface area contributed by atoms with Gasteiger partial charge in [0, 0.05) is 49.2 Å². The van der Waals surface area contributed by atoms with Gasteiger partial charge in [0.2, 0.25) is 0 Å². The standard InChI is InChI=1S/C23H28O7/c1-11(24)29-16-8-22(2)14(5-6-17(22)25)12-7-15-20-13(9-28-15)21(26)30-18(10-27-4)23(20,3)19(12)16/h9,12,14,16,18-19H,5-8,10H2,1-4H3/t12?,14-,16+,18+,19?,22-,23+/m0/s1. The Kier molecular flexibility index (Phi) is 4.24. The van der Waals surface area contributed by atoms with Crippen molar-refractivity contribution in [1.82, 2.24) is 0 Å². The number of cyclic esters (lactones) is 1. The fraction of sp³-hybridized carbons (Fsp3) is 0.696. The lowest BCUT2D eigenvalue weighted by atomic mass is 9.47. The van der Waals surface area contributed by atoms with Crippen LogP contribution in [0.25, 0.3) is 0 Å². The zero-order valence-electron chi connectivity index (χ0n) is 17.9. The summed E-state index contributed by atoms with van der Waals surface area (Å²) in [6.45, 7) is 5.75. The van der Waals surface area contributed by atoms with Gasteiger partial charge >= 0.3 is 11.9 Å². The molecule has 7 nitrogen and oxygen atoms in total. The van der Waals surface area contributed by atoms with Crippen LogP contribution in [0.4, 0.5) is 0 Å². The Bertz CT molecular complexity index is 932. The van der Waals surface area contributed by atoms with Crippen LogP contribution in [0.3, 0.4) is 0 Å². The van der Waals surface area contributed by atoms with Gasteiger partial charge in [-0.2, -0.15) is 0 Å². The molecule has 0 spiro atoms. The van der Waals surface area contributed by atoms with E-state index < -0.39 is 29.0 Å². The molecule has 3 aliphatic carbocycles. The number of hydrogen-bond acceptors (Lipinski definition) is 7. The quantitative estimate of drug-likeness (QED) is 0.700. The van der Waals surface area contributed by atoms with Crippen LogP contribution in [0, 0.1) is 23.2 Å². The van der Waals surface area contributed by atoms with E-state index >= 15 is 0 Å². The third-order valence-electron chi connectivity index (χ3n) is 8.43. The van der Waals surface area contributed by atoms with Crippen molar-refractivity contribution in [2.75, 3.05) is 13.7 Å². The van der Waals surface area contributed by atoms with Crippen LogP contribution in [0.1, 0.15) is 61.7 Å². The van der Waals surface area contributed by atoms with Crippen molar-refractivity contribution in [2.45, 2.75) is 64.1 Å². The van der Waals surface area contributed by atoms with E-state index in [1.807, 2.05) is 6.92 Å². The number of carbonyl (C=O) groups excluding carboxylic acids is 3. The van der Waals surface area contributed by atoms with Gasteiger partial charge in [-0.05, 0) is 24.7 Å². The predicted octanol–water partition coefficient (Wildman–Crippen LogP) is 2.83. The normalized spacial score (nSPS) is 41.5. The highest BCUT2D eigenvalue weighted by atomic mass is 16.6. The molecule has 1 aromatic heterocycles. The summed E-state index contributed by atoms with van der Waals surface area (Å²) in [6.07, 6.45) is 3.05. The van der Waals surface area contributed by atoms with Crippen molar-refractivity contribution >= 4 is 17.7 Å². The SMILES string of the molecule is COC[C@H]1OC(=O)c2coc3c2[C@@]1(C)C1C(C3)[C@@H]2CCC(=O)[C@@]2(C)C[C@H]1OC(C)=O. The Morgan fingerprint density at radius 1 is 1.30 bits per heavy atom. The lowest BCUT2D eigenvalue weighted by Crippen LogP contribution is -2.64. The fourth-order valence-electron chi connectivity index (χ4n) is 7.27. The van der Waals surface area contributed by atoms with Gasteiger partial charge in [-0.3, -0.25) is 9.59 Å². The van der Waals surface area contributed by atoms with Gasteiger partial charge < -0.3 is 18.6 Å². The molecule has 0 amide bonds. The summed E-state index contributed by atoms with van der Waals surface area (Å²) in [5, 5.41) is 0. The molecule has 1 aromatic rings. The van der Waals surface area contributed by atoms with E-state index in [1.54, 1.807) is 7.11 Å². The second-order valence-electron chi connectivity index (χ2n) is 9.81. The number of methoxy groups -OCH3 is 1. The molecule has 5 rings (SSSR count).